The van der Waals surface area contributed by atoms with Crippen LogP contribution in [-0.2, 0) is 0 Å². The standard InChI is InChI=1S/C16H13ClFN3/c17-12-4-1-10(2-5-12)15-16(21-8-7-20-15)11-3-6-14(19)13(18)9-11/h1-7,9,21H,8,19H2. The van der Waals surface area contributed by atoms with E-state index in [1.165, 1.54) is 6.07 Å². The van der Waals surface area contributed by atoms with Gasteiger partial charge in [-0.1, -0.05) is 29.8 Å². The summed E-state index contributed by atoms with van der Waals surface area (Å²) in [4.78, 5) is 4.43. The zero-order valence-electron chi connectivity index (χ0n) is 11.1. The zero-order valence-corrected chi connectivity index (χ0v) is 11.9. The van der Waals surface area contributed by atoms with E-state index in [0.717, 1.165) is 17.0 Å². The van der Waals surface area contributed by atoms with Gasteiger partial charge in [-0.2, -0.15) is 0 Å². The van der Waals surface area contributed by atoms with Gasteiger partial charge in [0.15, 0.2) is 0 Å². The van der Waals surface area contributed by atoms with E-state index in [2.05, 4.69) is 10.3 Å². The van der Waals surface area contributed by atoms with Crippen molar-refractivity contribution < 1.29 is 4.39 Å². The maximum atomic E-state index is 13.7. The van der Waals surface area contributed by atoms with Crippen molar-refractivity contribution in [3.8, 4) is 0 Å². The second-order valence-corrected chi connectivity index (χ2v) is 5.10. The number of aliphatic imine (C=N–C) groups is 1. The number of nitrogens with one attached hydrogen (secondary N) is 1. The average Bonchev–Trinajstić information content (AvgIpc) is 2.51. The van der Waals surface area contributed by atoms with Crippen molar-refractivity contribution in [1.82, 2.24) is 5.32 Å². The SMILES string of the molecule is Nc1ccc(C2=C(c3ccc(Cl)cc3)N=CCN2)cc1F. The molecule has 21 heavy (non-hydrogen) atoms. The van der Waals surface area contributed by atoms with E-state index in [1.807, 2.05) is 12.1 Å². The van der Waals surface area contributed by atoms with Crippen LogP contribution in [0.5, 0.6) is 0 Å². The second kappa shape index (κ2) is 5.58. The molecule has 0 fully saturated rings. The number of hydrogen-bond acceptors (Lipinski definition) is 3. The Morgan fingerprint density at radius 3 is 2.52 bits per heavy atom. The number of nitrogens with two attached hydrogens (primary N) is 1. The Hall–Kier alpha value is -2.33. The van der Waals surface area contributed by atoms with Crippen LogP contribution in [0.2, 0.25) is 5.02 Å². The molecular formula is C16H13ClFN3. The van der Waals surface area contributed by atoms with Crippen molar-refractivity contribution in [2.24, 2.45) is 4.99 Å². The first-order chi connectivity index (χ1) is 10.1. The minimum absolute atomic E-state index is 0.131. The lowest BCUT2D eigenvalue weighted by Crippen LogP contribution is -2.20. The van der Waals surface area contributed by atoms with Crippen LogP contribution in [0.15, 0.2) is 47.5 Å². The van der Waals surface area contributed by atoms with E-state index < -0.39 is 5.82 Å². The smallest absolute Gasteiger partial charge is 0.146 e. The van der Waals surface area contributed by atoms with Crippen molar-refractivity contribution in [2.45, 2.75) is 0 Å². The first-order valence-electron chi connectivity index (χ1n) is 6.47. The molecular weight excluding hydrogens is 289 g/mol. The minimum atomic E-state index is -0.438. The highest BCUT2D eigenvalue weighted by Gasteiger charge is 2.14. The van der Waals surface area contributed by atoms with Gasteiger partial charge in [0.2, 0.25) is 0 Å². The van der Waals surface area contributed by atoms with Crippen LogP contribution in [0.1, 0.15) is 11.1 Å². The Labute approximate surface area is 127 Å². The third-order valence-corrected chi connectivity index (χ3v) is 3.49. The van der Waals surface area contributed by atoms with Crippen LogP contribution >= 0.6 is 11.6 Å². The fourth-order valence-electron chi connectivity index (χ4n) is 2.18. The lowest BCUT2D eigenvalue weighted by molar-refractivity contribution is 0.632. The van der Waals surface area contributed by atoms with E-state index in [1.54, 1.807) is 30.5 Å². The summed E-state index contributed by atoms with van der Waals surface area (Å²) in [5.41, 5.74) is 8.81. The first kappa shape index (κ1) is 13.6. The number of benzene rings is 2. The van der Waals surface area contributed by atoms with Gasteiger partial charge in [-0.3, -0.25) is 4.99 Å². The quantitative estimate of drug-likeness (QED) is 0.833. The highest BCUT2D eigenvalue weighted by Crippen LogP contribution is 2.29. The van der Waals surface area contributed by atoms with Crippen LogP contribution in [0.3, 0.4) is 0 Å². The minimum Gasteiger partial charge on any atom is -0.396 e. The molecule has 0 amide bonds. The normalized spacial score (nSPS) is 14.2. The maximum Gasteiger partial charge on any atom is 0.146 e. The fraction of sp³-hybridized carbons (Fsp3) is 0.0625. The molecule has 1 aliphatic heterocycles. The lowest BCUT2D eigenvalue weighted by Gasteiger charge is -2.18. The van der Waals surface area contributed by atoms with Gasteiger partial charge in [0.05, 0.1) is 23.6 Å². The number of halogens is 2. The summed E-state index contributed by atoms with van der Waals surface area (Å²) in [6.07, 6.45) is 1.78. The molecule has 0 saturated heterocycles. The molecule has 3 rings (SSSR count). The van der Waals surface area contributed by atoms with Crippen molar-refractivity contribution in [2.75, 3.05) is 12.3 Å². The van der Waals surface area contributed by atoms with E-state index in [4.69, 9.17) is 17.3 Å². The predicted molar refractivity (Wildman–Crippen MR) is 85.6 cm³/mol. The number of anilines is 1. The van der Waals surface area contributed by atoms with Crippen LogP contribution in [0.4, 0.5) is 10.1 Å². The maximum absolute atomic E-state index is 13.7. The first-order valence-corrected chi connectivity index (χ1v) is 6.85. The summed E-state index contributed by atoms with van der Waals surface area (Å²) < 4.78 is 13.7. The molecule has 1 heterocycles. The molecule has 0 bridgehead atoms. The Balaban J connectivity index is 2.12. The molecule has 106 valence electrons. The second-order valence-electron chi connectivity index (χ2n) is 4.66. The van der Waals surface area contributed by atoms with Gasteiger partial charge < -0.3 is 11.1 Å². The predicted octanol–water partition coefficient (Wildman–Crippen LogP) is 3.56. The number of nitrogen functional groups attached to an aromatic ring is 1. The highest BCUT2D eigenvalue weighted by molar-refractivity contribution is 6.30. The molecule has 0 aromatic heterocycles. The fourth-order valence-corrected chi connectivity index (χ4v) is 2.31. The largest absolute Gasteiger partial charge is 0.396 e. The van der Waals surface area contributed by atoms with Crippen LogP contribution in [-0.4, -0.2) is 12.8 Å². The summed E-state index contributed by atoms with van der Waals surface area (Å²) in [6, 6.07) is 12.1. The average molecular weight is 302 g/mol. The van der Waals surface area contributed by atoms with E-state index in [0.29, 0.717) is 17.1 Å². The molecule has 1 aliphatic rings. The van der Waals surface area contributed by atoms with Gasteiger partial charge in [-0.15, -0.1) is 0 Å². The number of hydrogen-bond donors (Lipinski definition) is 2. The molecule has 0 aliphatic carbocycles. The van der Waals surface area contributed by atoms with Gasteiger partial charge in [-0.05, 0) is 24.3 Å². The third-order valence-electron chi connectivity index (χ3n) is 3.23. The van der Waals surface area contributed by atoms with Crippen molar-refractivity contribution >= 4 is 34.9 Å². The van der Waals surface area contributed by atoms with Crippen LogP contribution in [0.25, 0.3) is 11.4 Å². The van der Waals surface area contributed by atoms with Crippen molar-refractivity contribution in [3.05, 3.63) is 64.4 Å². The van der Waals surface area contributed by atoms with E-state index in [-0.39, 0.29) is 5.69 Å². The molecule has 0 radical (unpaired) electrons. The Morgan fingerprint density at radius 1 is 1.10 bits per heavy atom. The molecule has 2 aromatic carbocycles. The highest BCUT2D eigenvalue weighted by atomic mass is 35.5. The topological polar surface area (TPSA) is 50.4 Å². The molecule has 2 aromatic rings. The molecule has 5 heteroatoms. The van der Waals surface area contributed by atoms with Gasteiger partial charge in [0.25, 0.3) is 0 Å². The Kier molecular flexibility index (Phi) is 3.62. The number of nitrogens with zero attached hydrogens (tertiary/aromatic N) is 1. The molecule has 0 unspecified atom stereocenters. The Morgan fingerprint density at radius 2 is 1.81 bits per heavy atom. The van der Waals surface area contributed by atoms with Crippen molar-refractivity contribution in [3.63, 3.8) is 0 Å². The van der Waals surface area contributed by atoms with E-state index in [9.17, 15) is 4.39 Å². The van der Waals surface area contributed by atoms with Gasteiger partial charge >= 0.3 is 0 Å². The molecule has 3 nitrogen and oxygen atoms in total. The summed E-state index contributed by atoms with van der Waals surface area (Å²) >= 11 is 5.91. The third kappa shape index (κ3) is 2.76. The molecule has 0 spiro atoms. The van der Waals surface area contributed by atoms with Gasteiger partial charge in [0.1, 0.15) is 5.82 Å². The number of rotatable bonds is 2. The summed E-state index contributed by atoms with van der Waals surface area (Å²) in [6.45, 7) is 0.596. The Bertz CT molecular complexity index is 736. The van der Waals surface area contributed by atoms with Crippen LogP contribution in [0, 0.1) is 5.82 Å². The molecule has 0 saturated carbocycles. The van der Waals surface area contributed by atoms with Gasteiger partial charge in [0, 0.05) is 22.4 Å². The summed E-state index contributed by atoms with van der Waals surface area (Å²) in [5, 5.41) is 3.89. The monoisotopic (exact) mass is 301 g/mol. The summed E-state index contributed by atoms with van der Waals surface area (Å²) in [5.74, 6) is -0.438. The van der Waals surface area contributed by atoms with E-state index >= 15 is 0 Å². The van der Waals surface area contributed by atoms with Crippen LogP contribution < -0.4 is 11.1 Å². The molecule has 3 N–H and O–H groups in total. The van der Waals surface area contributed by atoms with Crippen molar-refractivity contribution in [1.29, 1.82) is 0 Å². The summed E-state index contributed by atoms with van der Waals surface area (Å²) in [7, 11) is 0. The zero-order chi connectivity index (χ0) is 14.8. The molecule has 0 atom stereocenters. The lowest BCUT2D eigenvalue weighted by atomic mass is 10.0. The van der Waals surface area contributed by atoms with Gasteiger partial charge in [-0.25, -0.2) is 4.39 Å².